The van der Waals surface area contributed by atoms with E-state index in [-0.39, 0.29) is 11.1 Å². The molecule has 0 atom stereocenters. The predicted molar refractivity (Wildman–Crippen MR) is 147 cm³/mol. The summed E-state index contributed by atoms with van der Waals surface area (Å²) in [5, 5.41) is 9.77. The zero-order chi connectivity index (χ0) is 25.8. The molecule has 0 radical (unpaired) electrons. The molecule has 2 aromatic carbocycles. The molecule has 37 heavy (non-hydrogen) atoms. The maximum absolute atomic E-state index is 12.9. The molecular weight excluding hydrogens is 482 g/mol. The topological polar surface area (TPSA) is 73.6 Å². The highest BCUT2D eigenvalue weighted by atomic mass is 32.2. The van der Waals surface area contributed by atoms with Gasteiger partial charge in [-0.15, -0.1) is 0 Å². The van der Waals surface area contributed by atoms with Crippen LogP contribution < -0.4 is 4.90 Å². The van der Waals surface area contributed by atoms with E-state index in [2.05, 4.69) is 23.1 Å². The number of piperidine rings is 1. The van der Waals surface area contributed by atoms with E-state index in [1.807, 2.05) is 42.5 Å². The molecule has 0 unspecified atom stereocenters. The lowest BCUT2D eigenvalue weighted by Crippen LogP contribution is -2.29. The maximum atomic E-state index is 12.9. The van der Waals surface area contributed by atoms with Crippen molar-refractivity contribution in [2.24, 2.45) is 0 Å². The summed E-state index contributed by atoms with van der Waals surface area (Å²) in [6.45, 7) is 4.22. The van der Waals surface area contributed by atoms with Gasteiger partial charge in [0.2, 0.25) is 0 Å². The van der Waals surface area contributed by atoms with Crippen LogP contribution in [0.15, 0.2) is 88.6 Å². The molecule has 3 aliphatic heterocycles. The highest BCUT2D eigenvalue weighted by Gasteiger charge is 2.36. The Morgan fingerprint density at radius 3 is 2.41 bits per heavy atom. The van der Waals surface area contributed by atoms with Crippen LogP contribution in [0, 0.1) is 11.3 Å². The van der Waals surface area contributed by atoms with Crippen LogP contribution in [0.4, 0.5) is 10.5 Å². The summed E-state index contributed by atoms with van der Waals surface area (Å²) < 4.78 is 6.19. The lowest BCUT2D eigenvalue weighted by molar-refractivity contribution is -0.122. The number of hydrogen-bond donors (Lipinski definition) is 0. The van der Waals surface area contributed by atoms with Crippen molar-refractivity contribution in [1.29, 1.82) is 5.26 Å². The van der Waals surface area contributed by atoms with E-state index in [9.17, 15) is 14.9 Å². The minimum atomic E-state index is -0.329. The Balaban J connectivity index is 1.51. The highest BCUT2D eigenvalue weighted by Crippen LogP contribution is 2.39. The summed E-state index contributed by atoms with van der Waals surface area (Å²) in [4.78, 5) is 29.2. The van der Waals surface area contributed by atoms with Crippen LogP contribution in [-0.4, -0.2) is 35.7 Å². The number of thioether (sulfide) groups is 1. The Bertz CT molecular complexity index is 1380. The maximum Gasteiger partial charge on any atom is 0.293 e. The number of anilines is 1. The van der Waals surface area contributed by atoms with E-state index < -0.39 is 0 Å². The number of nitriles is 1. The fourth-order valence-corrected chi connectivity index (χ4v) is 5.55. The van der Waals surface area contributed by atoms with E-state index in [0.29, 0.717) is 34.1 Å². The van der Waals surface area contributed by atoms with Crippen molar-refractivity contribution < 1.29 is 14.3 Å². The molecule has 2 amide bonds. The van der Waals surface area contributed by atoms with Crippen molar-refractivity contribution in [3.8, 4) is 6.07 Å². The number of carbonyl (C=O) groups is 2. The number of benzene rings is 2. The molecule has 3 heterocycles. The Labute approximate surface area is 221 Å². The van der Waals surface area contributed by atoms with Crippen molar-refractivity contribution in [2.45, 2.75) is 26.2 Å². The summed E-state index contributed by atoms with van der Waals surface area (Å²) >= 11 is 0.916. The summed E-state index contributed by atoms with van der Waals surface area (Å²) in [5.41, 5.74) is 3.76. The van der Waals surface area contributed by atoms with Crippen LogP contribution in [-0.2, 0) is 9.53 Å². The third-order valence-electron chi connectivity index (χ3n) is 6.59. The average molecular weight is 510 g/mol. The summed E-state index contributed by atoms with van der Waals surface area (Å²) in [5.74, 6) is 0.518. The number of imide groups is 1. The fourth-order valence-electron chi connectivity index (χ4n) is 4.62. The molecule has 5 rings (SSSR count). The van der Waals surface area contributed by atoms with E-state index in [4.69, 9.17) is 4.74 Å². The Morgan fingerprint density at radius 2 is 1.76 bits per heavy atom. The van der Waals surface area contributed by atoms with Crippen LogP contribution in [0.2, 0.25) is 0 Å². The van der Waals surface area contributed by atoms with Crippen LogP contribution in [0.25, 0.3) is 11.8 Å². The molecule has 0 spiro atoms. The first-order valence-electron chi connectivity index (χ1n) is 12.5. The van der Waals surface area contributed by atoms with Gasteiger partial charge in [0.25, 0.3) is 11.1 Å². The number of likely N-dealkylation sites (N-methyl/N-ethyl adjacent to an activating group) is 1. The molecular formula is C30H27N3O3S. The SMILES string of the molecule is CCN1C(=O)S/C(=C2\C=C(C(C#N)=Cc3ccc(N4CCCCC4)cc3)OC(c3ccccc3)=C2)C1=O. The Morgan fingerprint density at radius 1 is 1.03 bits per heavy atom. The highest BCUT2D eigenvalue weighted by molar-refractivity contribution is 8.18. The minimum Gasteiger partial charge on any atom is -0.455 e. The molecule has 3 aliphatic rings. The smallest absolute Gasteiger partial charge is 0.293 e. The second-order valence-electron chi connectivity index (χ2n) is 9.00. The predicted octanol–water partition coefficient (Wildman–Crippen LogP) is 6.51. The lowest BCUT2D eigenvalue weighted by atomic mass is 10.0. The van der Waals surface area contributed by atoms with Gasteiger partial charge in [0, 0.05) is 36.5 Å². The van der Waals surface area contributed by atoms with E-state index in [1.165, 1.54) is 29.8 Å². The van der Waals surface area contributed by atoms with Gasteiger partial charge in [0.15, 0.2) is 0 Å². The van der Waals surface area contributed by atoms with E-state index >= 15 is 0 Å². The molecule has 0 aliphatic carbocycles. The van der Waals surface area contributed by atoms with Gasteiger partial charge in [-0.05, 0) is 73.9 Å². The molecule has 2 fully saturated rings. The number of carbonyl (C=O) groups excluding carboxylic acids is 2. The van der Waals surface area contributed by atoms with Gasteiger partial charge < -0.3 is 9.64 Å². The molecule has 0 aromatic heterocycles. The first-order valence-corrected chi connectivity index (χ1v) is 13.3. The van der Waals surface area contributed by atoms with Crippen molar-refractivity contribution in [1.82, 2.24) is 4.90 Å². The Kier molecular flexibility index (Phi) is 7.29. The quantitative estimate of drug-likeness (QED) is 0.338. The second-order valence-corrected chi connectivity index (χ2v) is 9.96. The van der Waals surface area contributed by atoms with Crippen molar-refractivity contribution >= 4 is 40.4 Å². The number of ether oxygens (including phenoxy) is 1. The number of allylic oxidation sites excluding steroid dienone is 4. The first-order chi connectivity index (χ1) is 18.1. The summed E-state index contributed by atoms with van der Waals surface area (Å²) in [6.07, 6.45) is 8.93. The number of amides is 2. The molecule has 2 saturated heterocycles. The fraction of sp³-hybridized carbons (Fsp3) is 0.233. The molecule has 0 bridgehead atoms. The lowest BCUT2D eigenvalue weighted by Gasteiger charge is -2.28. The zero-order valence-electron chi connectivity index (χ0n) is 20.6. The summed E-state index contributed by atoms with van der Waals surface area (Å²) in [6, 6.07) is 20.0. The van der Waals surface area contributed by atoms with Gasteiger partial charge >= 0.3 is 0 Å². The third kappa shape index (κ3) is 5.25. The van der Waals surface area contributed by atoms with Crippen LogP contribution >= 0.6 is 11.8 Å². The molecule has 0 saturated carbocycles. The number of rotatable bonds is 5. The van der Waals surface area contributed by atoms with Crippen LogP contribution in [0.1, 0.15) is 37.3 Å². The van der Waals surface area contributed by atoms with Crippen molar-refractivity contribution in [3.63, 3.8) is 0 Å². The normalized spacial score (nSPS) is 20.4. The van der Waals surface area contributed by atoms with Gasteiger partial charge in [0.1, 0.15) is 17.6 Å². The number of hydrogen-bond acceptors (Lipinski definition) is 6. The van der Waals surface area contributed by atoms with Crippen LogP contribution in [0.5, 0.6) is 0 Å². The van der Waals surface area contributed by atoms with Crippen molar-refractivity contribution in [2.75, 3.05) is 24.5 Å². The molecule has 2 aromatic rings. The molecule has 6 nitrogen and oxygen atoms in total. The van der Waals surface area contributed by atoms with Crippen molar-refractivity contribution in [3.05, 3.63) is 99.7 Å². The van der Waals surface area contributed by atoms with Gasteiger partial charge in [-0.1, -0.05) is 42.5 Å². The number of nitrogens with zero attached hydrogens (tertiary/aromatic N) is 3. The third-order valence-corrected chi connectivity index (χ3v) is 7.60. The summed E-state index contributed by atoms with van der Waals surface area (Å²) in [7, 11) is 0. The standard InChI is InChI=1S/C30H27N3O3S/c1-2-33-29(34)28(37-30(33)35)23-18-26(22-9-5-3-6-10-22)36-27(19-23)24(20-31)17-21-11-13-25(14-12-21)32-15-7-4-8-16-32/h3,5-6,9-14,17-19H,2,4,7-8,15-16H2,1H3/b24-17?,28-23-. The molecule has 0 N–H and O–H groups in total. The largest absolute Gasteiger partial charge is 0.455 e. The van der Waals surface area contributed by atoms with E-state index in [1.54, 1.807) is 25.2 Å². The minimum absolute atomic E-state index is 0.295. The first kappa shape index (κ1) is 24.7. The van der Waals surface area contributed by atoms with Gasteiger partial charge in [-0.2, -0.15) is 5.26 Å². The Hall–Kier alpha value is -4.02. The molecule has 7 heteroatoms. The van der Waals surface area contributed by atoms with Gasteiger partial charge in [-0.3, -0.25) is 14.5 Å². The zero-order valence-corrected chi connectivity index (χ0v) is 21.5. The van der Waals surface area contributed by atoms with Crippen LogP contribution in [0.3, 0.4) is 0 Å². The average Bonchev–Trinajstić information content (AvgIpc) is 3.25. The second kappa shape index (κ2) is 10.9. The van der Waals surface area contributed by atoms with Gasteiger partial charge in [-0.25, -0.2) is 0 Å². The molecule has 186 valence electrons. The monoisotopic (exact) mass is 509 g/mol. The van der Waals surface area contributed by atoms with Gasteiger partial charge in [0.05, 0.1) is 10.5 Å². The van der Waals surface area contributed by atoms with E-state index in [0.717, 1.165) is 36.0 Å².